The number of nitrogens with zero attached hydrogens (tertiary/aromatic N) is 1. The van der Waals surface area contributed by atoms with Crippen LogP contribution >= 0.6 is 15.9 Å². The molecule has 1 heterocycles. The minimum absolute atomic E-state index is 1.04. The summed E-state index contributed by atoms with van der Waals surface area (Å²) in [6.07, 6.45) is 6.95. The molecule has 1 nitrogen and oxygen atoms in total. The van der Waals surface area contributed by atoms with Crippen molar-refractivity contribution < 1.29 is 0 Å². The Hall–Kier alpha value is -1.93. The molecule has 2 heteroatoms. The van der Waals surface area contributed by atoms with Gasteiger partial charge in [-0.25, -0.2) is 0 Å². The highest BCUT2D eigenvalue weighted by Gasteiger charge is 2.02. The molecule has 0 bridgehead atoms. The molecule has 0 unspecified atom stereocenters. The van der Waals surface area contributed by atoms with Gasteiger partial charge in [0.2, 0.25) is 0 Å². The van der Waals surface area contributed by atoms with Crippen molar-refractivity contribution in [3.63, 3.8) is 0 Å². The molecule has 24 heavy (non-hydrogen) atoms. The molecule has 0 saturated carbocycles. The summed E-state index contributed by atoms with van der Waals surface area (Å²) in [5, 5.41) is 0. The second-order valence-electron chi connectivity index (χ2n) is 6.09. The van der Waals surface area contributed by atoms with E-state index in [9.17, 15) is 0 Å². The first kappa shape index (κ1) is 16.9. The van der Waals surface area contributed by atoms with E-state index in [0.717, 1.165) is 22.2 Å². The standard InChI is InChI=1S/C22H22BrN/c1-2-3-4-5-17-6-15-22(24-16-17)20-9-7-18(8-10-20)19-11-13-21(23)14-12-19/h6-16H,2-5H2,1H3. The molecular formula is C22H22BrN. The van der Waals surface area contributed by atoms with Gasteiger partial charge in [-0.05, 0) is 47.7 Å². The van der Waals surface area contributed by atoms with Crippen LogP contribution in [0.15, 0.2) is 71.3 Å². The molecule has 3 aromatic rings. The summed E-state index contributed by atoms with van der Waals surface area (Å²) in [7, 11) is 0. The van der Waals surface area contributed by atoms with E-state index in [4.69, 9.17) is 0 Å². The van der Waals surface area contributed by atoms with Gasteiger partial charge in [-0.15, -0.1) is 0 Å². The Kier molecular flexibility index (Phi) is 5.81. The number of halogens is 1. The zero-order chi connectivity index (χ0) is 16.8. The van der Waals surface area contributed by atoms with E-state index in [1.165, 1.54) is 36.0 Å². The zero-order valence-electron chi connectivity index (χ0n) is 14.0. The molecule has 0 saturated heterocycles. The van der Waals surface area contributed by atoms with Crippen LogP contribution in [0.5, 0.6) is 0 Å². The highest BCUT2D eigenvalue weighted by molar-refractivity contribution is 9.10. The fraction of sp³-hybridized carbons (Fsp3) is 0.227. The summed E-state index contributed by atoms with van der Waals surface area (Å²) >= 11 is 3.48. The second-order valence-corrected chi connectivity index (χ2v) is 7.01. The van der Waals surface area contributed by atoms with Crippen molar-refractivity contribution in [2.24, 2.45) is 0 Å². The van der Waals surface area contributed by atoms with Crippen molar-refractivity contribution in [1.82, 2.24) is 4.98 Å². The maximum Gasteiger partial charge on any atom is 0.0702 e. The molecule has 0 radical (unpaired) electrons. The third kappa shape index (κ3) is 4.33. The van der Waals surface area contributed by atoms with E-state index in [0.29, 0.717) is 0 Å². The zero-order valence-corrected chi connectivity index (χ0v) is 15.6. The Morgan fingerprint density at radius 2 is 1.38 bits per heavy atom. The van der Waals surface area contributed by atoms with E-state index < -0.39 is 0 Å². The van der Waals surface area contributed by atoms with Gasteiger partial charge in [-0.2, -0.15) is 0 Å². The van der Waals surface area contributed by atoms with E-state index in [1.807, 2.05) is 6.20 Å². The lowest BCUT2D eigenvalue weighted by Gasteiger charge is -2.06. The number of unbranched alkanes of at least 4 members (excludes halogenated alkanes) is 2. The molecule has 122 valence electrons. The van der Waals surface area contributed by atoms with Crippen LogP contribution in [-0.4, -0.2) is 4.98 Å². The van der Waals surface area contributed by atoms with Crippen LogP contribution in [0.4, 0.5) is 0 Å². The lowest BCUT2D eigenvalue weighted by Crippen LogP contribution is -1.89. The predicted octanol–water partition coefficient (Wildman–Crippen LogP) is 6.91. The summed E-state index contributed by atoms with van der Waals surface area (Å²) < 4.78 is 1.10. The second kappa shape index (κ2) is 8.25. The maximum absolute atomic E-state index is 4.64. The third-order valence-electron chi connectivity index (χ3n) is 4.25. The lowest BCUT2D eigenvalue weighted by atomic mass is 10.0. The average molecular weight is 380 g/mol. The van der Waals surface area contributed by atoms with Gasteiger partial charge in [-0.3, -0.25) is 4.98 Å². The normalized spacial score (nSPS) is 10.8. The highest BCUT2D eigenvalue weighted by atomic mass is 79.9. The van der Waals surface area contributed by atoms with Crippen molar-refractivity contribution in [2.75, 3.05) is 0 Å². The molecular weight excluding hydrogens is 358 g/mol. The fourth-order valence-electron chi connectivity index (χ4n) is 2.80. The monoisotopic (exact) mass is 379 g/mol. The van der Waals surface area contributed by atoms with Gasteiger partial charge in [0.15, 0.2) is 0 Å². The molecule has 3 rings (SSSR count). The van der Waals surface area contributed by atoms with Gasteiger partial charge in [0, 0.05) is 16.2 Å². The quantitative estimate of drug-likeness (QED) is 0.423. The first-order valence-corrected chi connectivity index (χ1v) is 9.37. The van der Waals surface area contributed by atoms with Crippen LogP contribution in [-0.2, 0) is 6.42 Å². The van der Waals surface area contributed by atoms with Crippen LogP contribution in [0.25, 0.3) is 22.4 Å². The summed E-state index contributed by atoms with van der Waals surface area (Å²) in [6.45, 7) is 2.24. The van der Waals surface area contributed by atoms with Crippen molar-refractivity contribution in [2.45, 2.75) is 32.6 Å². The van der Waals surface area contributed by atoms with Gasteiger partial charge in [-0.1, -0.05) is 78.2 Å². The van der Waals surface area contributed by atoms with E-state index in [2.05, 4.69) is 88.5 Å². The summed E-state index contributed by atoms with van der Waals surface area (Å²) in [5.41, 5.74) is 5.98. The Morgan fingerprint density at radius 1 is 0.750 bits per heavy atom. The Labute approximate surface area is 152 Å². The van der Waals surface area contributed by atoms with Crippen molar-refractivity contribution in [3.05, 3.63) is 76.9 Å². The number of benzene rings is 2. The largest absolute Gasteiger partial charge is 0.256 e. The molecule has 1 aromatic heterocycles. The van der Waals surface area contributed by atoms with Crippen LogP contribution < -0.4 is 0 Å². The van der Waals surface area contributed by atoms with Crippen molar-refractivity contribution in [3.8, 4) is 22.4 Å². The van der Waals surface area contributed by atoms with Crippen molar-refractivity contribution >= 4 is 15.9 Å². The van der Waals surface area contributed by atoms with Gasteiger partial charge in [0.1, 0.15) is 0 Å². The Bertz CT molecular complexity index is 759. The number of aryl methyl sites for hydroxylation is 1. The molecule has 0 spiro atoms. The average Bonchev–Trinajstić information content (AvgIpc) is 2.63. The molecule has 0 atom stereocenters. The fourth-order valence-corrected chi connectivity index (χ4v) is 3.06. The molecule has 0 aliphatic heterocycles. The minimum atomic E-state index is 1.04. The number of hydrogen-bond acceptors (Lipinski definition) is 1. The summed E-state index contributed by atoms with van der Waals surface area (Å²) in [4.78, 5) is 4.64. The smallest absolute Gasteiger partial charge is 0.0702 e. The summed E-state index contributed by atoms with van der Waals surface area (Å²) in [5.74, 6) is 0. The van der Waals surface area contributed by atoms with Crippen LogP contribution in [0.2, 0.25) is 0 Å². The van der Waals surface area contributed by atoms with Gasteiger partial charge >= 0.3 is 0 Å². The highest BCUT2D eigenvalue weighted by Crippen LogP contribution is 2.25. The topological polar surface area (TPSA) is 12.9 Å². The molecule has 0 aliphatic carbocycles. The SMILES string of the molecule is CCCCCc1ccc(-c2ccc(-c3ccc(Br)cc3)cc2)nc1. The Morgan fingerprint density at radius 3 is 1.96 bits per heavy atom. The summed E-state index contributed by atoms with van der Waals surface area (Å²) in [6, 6.07) is 21.4. The first-order chi connectivity index (χ1) is 11.8. The van der Waals surface area contributed by atoms with E-state index in [-0.39, 0.29) is 0 Å². The van der Waals surface area contributed by atoms with Gasteiger partial charge in [0.05, 0.1) is 5.69 Å². The molecule has 0 aliphatic rings. The number of rotatable bonds is 6. The van der Waals surface area contributed by atoms with Crippen LogP contribution in [0, 0.1) is 0 Å². The van der Waals surface area contributed by atoms with E-state index >= 15 is 0 Å². The number of aromatic nitrogens is 1. The number of hydrogen-bond donors (Lipinski definition) is 0. The third-order valence-corrected chi connectivity index (χ3v) is 4.78. The minimum Gasteiger partial charge on any atom is -0.256 e. The van der Waals surface area contributed by atoms with Gasteiger partial charge < -0.3 is 0 Å². The number of pyridine rings is 1. The Balaban J connectivity index is 1.72. The maximum atomic E-state index is 4.64. The van der Waals surface area contributed by atoms with Crippen molar-refractivity contribution in [1.29, 1.82) is 0 Å². The van der Waals surface area contributed by atoms with Crippen LogP contribution in [0.3, 0.4) is 0 Å². The van der Waals surface area contributed by atoms with Crippen LogP contribution in [0.1, 0.15) is 31.7 Å². The lowest BCUT2D eigenvalue weighted by molar-refractivity contribution is 0.716. The van der Waals surface area contributed by atoms with E-state index in [1.54, 1.807) is 0 Å². The first-order valence-electron chi connectivity index (χ1n) is 8.57. The molecule has 0 amide bonds. The molecule has 2 aromatic carbocycles. The molecule has 0 N–H and O–H groups in total. The van der Waals surface area contributed by atoms with Gasteiger partial charge in [0.25, 0.3) is 0 Å². The molecule has 0 fully saturated rings. The predicted molar refractivity (Wildman–Crippen MR) is 106 cm³/mol.